The van der Waals surface area contributed by atoms with Crippen molar-refractivity contribution in [2.45, 2.75) is 6.61 Å². The summed E-state index contributed by atoms with van der Waals surface area (Å²) in [6.07, 6.45) is 1.58. The quantitative estimate of drug-likeness (QED) is 0.710. The SMILES string of the molecule is O=c1c(CO)c(Cl)nc2ccccn12. The Balaban J connectivity index is 2.93. The molecule has 5 heteroatoms. The van der Waals surface area contributed by atoms with Gasteiger partial charge < -0.3 is 5.11 Å². The Kier molecular flexibility index (Phi) is 2.23. The van der Waals surface area contributed by atoms with Crippen molar-refractivity contribution in [2.75, 3.05) is 0 Å². The minimum Gasteiger partial charge on any atom is -0.391 e. The summed E-state index contributed by atoms with van der Waals surface area (Å²) in [7, 11) is 0. The minimum absolute atomic E-state index is 0.0590. The number of fused-ring (bicyclic) bond motifs is 1. The molecule has 2 aromatic heterocycles. The van der Waals surface area contributed by atoms with Crippen LogP contribution in [0.3, 0.4) is 0 Å². The maximum atomic E-state index is 11.7. The number of aliphatic hydroxyl groups excluding tert-OH is 1. The van der Waals surface area contributed by atoms with Crippen molar-refractivity contribution in [3.05, 3.63) is 45.5 Å². The van der Waals surface area contributed by atoms with Gasteiger partial charge in [0.15, 0.2) is 0 Å². The molecule has 0 amide bonds. The van der Waals surface area contributed by atoms with E-state index >= 15 is 0 Å². The van der Waals surface area contributed by atoms with Crippen LogP contribution < -0.4 is 5.56 Å². The van der Waals surface area contributed by atoms with Crippen molar-refractivity contribution in [3.8, 4) is 0 Å². The fourth-order valence-electron chi connectivity index (χ4n) is 1.23. The van der Waals surface area contributed by atoms with Crippen LogP contribution >= 0.6 is 11.6 Å². The van der Waals surface area contributed by atoms with Gasteiger partial charge in [-0.25, -0.2) is 4.98 Å². The molecule has 0 atom stereocenters. The Morgan fingerprint density at radius 3 is 3.00 bits per heavy atom. The predicted octanol–water partition coefficient (Wildman–Crippen LogP) is 0.840. The Bertz CT molecular complexity index is 536. The second kappa shape index (κ2) is 3.40. The average Bonchev–Trinajstić information content (AvgIpc) is 2.18. The highest BCUT2D eigenvalue weighted by molar-refractivity contribution is 6.30. The Labute approximate surface area is 84.4 Å². The summed E-state index contributed by atoms with van der Waals surface area (Å²) < 4.78 is 1.34. The van der Waals surface area contributed by atoms with E-state index in [4.69, 9.17) is 16.7 Å². The summed E-state index contributed by atoms with van der Waals surface area (Å²) in [4.78, 5) is 15.6. The zero-order valence-electron chi connectivity index (χ0n) is 7.14. The fourth-order valence-corrected chi connectivity index (χ4v) is 1.46. The van der Waals surface area contributed by atoms with E-state index < -0.39 is 6.61 Å². The molecule has 0 bridgehead atoms. The van der Waals surface area contributed by atoms with Crippen molar-refractivity contribution >= 4 is 17.2 Å². The van der Waals surface area contributed by atoms with E-state index in [1.165, 1.54) is 4.40 Å². The lowest BCUT2D eigenvalue weighted by atomic mass is 10.3. The van der Waals surface area contributed by atoms with Gasteiger partial charge in [0.05, 0.1) is 12.2 Å². The maximum Gasteiger partial charge on any atom is 0.264 e. The zero-order valence-corrected chi connectivity index (χ0v) is 7.90. The van der Waals surface area contributed by atoms with E-state index in [2.05, 4.69) is 4.98 Å². The molecule has 0 aromatic carbocycles. The standard InChI is InChI=1S/C9H7ClN2O2/c10-8-6(5-13)9(14)12-4-2-1-3-7(12)11-8/h1-4,13H,5H2. The molecule has 1 N–H and O–H groups in total. The highest BCUT2D eigenvalue weighted by Crippen LogP contribution is 2.09. The molecule has 2 heterocycles. The molecule has 0 unspecified atom stereocenters. The molecule has 0 aliphatic carbocycles. The molecule has 0 aliphatic rings. The topological polar surface area (TPSA) is 54.6 Å². The molecule has 2 rings (SSSR count). The van der Waals surface area contributed by atoms with Gasteiger partial charge in [-0.3, -0.25) is 9.20 Å². The van der Waals surface area contributed by atoms with Gasteiger partial charge in [-0.05, 0) is 12.1 Å². The molecule has 0 aliphatic heterocycles. The van der Waals surface area contributed by atoms with Crippen LogP contribution in [-0.2, 0) is 6.61 Å². The number of halogens is 1. The van der Waals surface area contributed by atoms with Crippen LogP contribution in [0.1, 0.15) is 5.56 Å². The van der Waals surface area contributed by atoms with E-state index in [9.17, 15) is 4.79 Å². The normalized spacial score (nSPS) is 10.7. The lowest BCUT2D eigenvalue weighted by Gasteiger charge is -2.03. The summed E-state index contributed by atoms with van der Waals surface area (Å²) in [6.45, 7) is -0.400. The summed E-state index contributed by atoms with van der Waals surface area (Å²) in [6, 6.07) is 5.15. The Hall–Kier alpha value is -1.39. The Morgan fingerprint density at radius 1 is 1.50 bits per heavy atom. The molecule has 0 radical (unpaired) electrons. The van der Waals surface area contributed by atoms with E-state index in [0.29, 0.717) is 5.65 Å². The van der Waals surface area contributed by atoms with Crippen molar-refractivity contribution < 1.29 is 5.11 Å². The molecule has 0 fully saturated rings. The van der Waals surface area contributed by atoms with Crippen molar-refractivity contribution in [2.24, 2.45) is 0 Å². The molecule has 4 nitrogen and oxygen atoms in total. The first kappa shape index (κ1) is 9.18. The summed E-state index contributed by atoms with van der Waals surface area (Å²) >= 11 is 5.72. The van der Waals surface area contributed by atoms with E-state index in [1.807, 2.05) is 0 Å². The number of aliphatic hydroxyl groups is 1. The third-order valence-electron chi connectivity index (χ3n) is 1.94. The van der Waals surface area contributed by atoms with Crippen LogP contribution in [0.2, 0.25) is 5.15 Å². The number of nitrogens with zero attached hydrogens (tertiary/aromatic N) is 2. The number of rotatable bonds is 1. The van der Waals surface area contributed by atoms with E-state index in [1.54, 1.807) is 24.4 Å². The molecule has 0 saturated carbocycles. The third kappa shape index (κ3) is 1.29. The molecular weight excluding hydrogens is 204 g/mol. The first-order valence-corrected chi connectivity index (χ1v) is 4.38. The predicted molar refractivity (Wildman–Crippen MR) is 52.4 cm³/mol. The van der Waals surface area contributed by atoms with Gasteiger partial charge in [-0.15, -0.1) is 0 Å². The monoisotopic (exact) mass is 210 g/mol. The number of aromatic nitrogens is 2. The van der Waals surface area contributed by atoms with Crippen molar-refractivity contribution in [3.63, 3.8) is 0 Å². The minimum atomic E-state index is -0.400. The number of pyridine rings is 1. The zero-order chi connectivity index (χ0) is 10.1. The lowest BCUT2D eigenvalue weighted by molar-refractivity contribution is 0.279. The third-order valence-corrected chi connectivity index (χ3v) is 2.25. The lowest BCUT2D eigenvalue weighted by Crippen LogP contribution is -2.19. The van der Waals surface area contributed by atoms with Crippen LogP contribution in [0.25, 0.3) is 5.65 Å². The first-order valence-electron chi connectivity index (χ1n) is 4.00. The van der Waals surface area contributed by atoms with Gasteiger partial charge >= 0.3 is 0 Å². The summed E-state index contributed by atoms with van der Waals surface area (Å²) in [5.74, 6) is 0. The van der Waals surface area contributed by atoms with Crippen LogP contribution in [0.5, 0.6) is 0 Å². The van der Waals surface area contributed by atoms with E-state index in [0.717, 1.165) is 0 Å². The van der Waals surface area contributed by atoms with Crippen molar-refractivity contribution in [1.82, 2.24) is 9.38 Å². The molecular formula is C9H7ClN2O2. The molecule has 14 heavy (non-hydrogen) atoms. The van der Waals surface area contributed by atoms with Gasteiger partial charge in [0, 0.05) is 6.20 Å². The highest BCUT2D eigenvalue weighted by Gasteiger charge is 2.08. The average molecular weight is 211 g/mol. The second-order valence-electron chi connectivity index (χ2n) is 2.77. The second-order valence-corrected chi connectivity index (χ2v) is 3.13. The number of hydrogen-bond donors (Lipinski definition) is 1. The van der Waals surface area contributed by atoms with E-state index in [-0.39, 0.29) is 16.3 Å². The van der Waals surface area contributed by atoms with Gasteiger partial charge in [-0.2, -0.15) is 0 Å². The van der Waals surface area contributed by atoms with Crippen LogP contribution in [-0.4, -0.2) is 14.5 Å². The van der Waals surface area contributed by atoms with Gasteiger partial charge in [0.2, 0.25) is 0 Å². The molecule has 0 saturated heterocycles. The largest absolute Gasteiger partial charge is 0.391 e. The molecule has 0 spiro atoms. The Morgan fingerprint density at radius 2 is 2.29 bits per heavy atom. The maximum absolute atomic E-state index is 11.7. The summed E-state index contributed by atoms with van der Waals surface area (Å²) in [5.41, 5.74) is 0.262. The highest BCUT2D eigenvalue weighted by atomic mass is 35.5. The molecule has 72 valence electrons. The van der Waals surface area contributed by atoms with Gasteiger partial charge in [-0.1, -0.05) is 17.7 Å². The summed E-state index contributed by atoms with van der Waals surface area (Å²) in [5, 5.41) is 8.98. The fraction of sp³-hybridized carbons (Fsp3) is 0.111. The molecule has 2 aromatic rings. The van der Waals surface area contributed by atoms with Crippen LogP contribution in [0.4, 0.5) is 0 Å². The first-order chi connectivity index (χ1) is 6.74. The van der Waals surface area contributed by atoms with Gasteiger partial charge in [0.1, 0.15) is 10.8 Å². The van der Waals surface area contributed by atoms with Crippen molar-refractivity contribution in [1.29, 1.82) is 0 Å². The van der Waals surface area contributed by atoms with Gasteiger partial charge in [0.25, 0.3) is 5.56 Å². The van der Waals surface area contributed by atoms with Crippen LogP contribution in [0.15, 0.2) is 29.2 Å². The number of hydrogen-bond acceptors (Lipinski definition) is 3. The smallest absolute Gasteiger partial charge is 0.264 e. The van der Waals surface area contributed by atoms with Crippen LogP contribution in [0, 0.1) is 0 Å².